The maximum absolute atomic E-state index is 12.5. The first-order chi connectivity index (χ1) is 9.86. The minimum Gasteiger partial charge on any atom is -0.502 e. The van der Waals surface area contributed by atoms with Crippen molar-refractivity contribution in [3.8, 4) is 5.75 Å². The highest BCUT2D eigenvalue weighted by molar-refractivity contribution is 7.89. The first kappa shape index (κ1) is 15.7. The topological polar surface area (TPSA) is 110 Å². The van der Waals surface area contributed by atoms with Crippen molar-refractivity contribution in [3.05, 3.63) is 28.3 Å². The Bertz CT molecular complexity index is 645. The number of benzene rings is 1. The molecule has 21 heavy (non-hydrogen) atoms. The van der Waals surface area contributed by atoms with Gasteiger partial charge in [0.15, 0.2) is 5.75 Å². The molecule has 0 aromatic heterocycles. The van der Waals surface area contributed by atoms with Crippen LogP contribution in [0.1, 0.15) is 13.3 Å². The number of phenolic OH excluding ortho intramolecular Hbond substituents is 1. The molecule has 2 rings (SSSR count). The highest BCUT2D eigenvalue weighted by atomic mass is 32.2. The predicted octanol–water partition coefficient (Wildman–Crippen LogP) is 1.10. The lowest BCUT2D eigenvalue weighted by Crippen LogP contribution is -2.45. The third kappa shape index (κ3) is 3.14. The largest absolute Gasteiger partial charge is 0.502 e. The number of hydrogen-bond donors (Lipinski definition) is 1. The third-order valence-electron chi connectivity index (χ3n) is 3.34. The Hall–Kier alpha value is -1.71. The SMILES string of the molecule is CCC1CN(S(=O)(=O)c2ccc(O)c([N+](=O)[O-])c2)CCO1. The average Bonchev–Trinajstić information content (AvgIpc) is 2.47. The van der Waals surface area contributed by atoms with Gasteiger partial charge in [0.05, 0.1) is 22.5 Å². The number of nitro groups is 1. The van der Waals surface area contributed by atoms with Gasteiger partial charge in [-0.3, -0.25) is 10.1 Å². The number of aromatic hydroxyl groups is 1. The molecular formula is C12H16N2O6S. The van der Waals surface area contributed by atoms with Crippen molar-refractivity contribution in [2.45, 2.75) is 24.3 Å². The molecule has 0 spiro atoms. The summed E-state index contributed by atoms with van der Waals surface area (Å²) < 4.78 is 31.7. The molecule has 0 saturated carbocycles. The van der Waals surface area contributed by atoms with E-state index in [0.29, 0.717) is 6.42 Å². The Labute approximate surface area is 122 Å². The summed E-state index contributed by atoms with van der Waals surface area (Å²) in [6.07, 6.45) is 0.502. The van der Waals surface area contributed by atoms with E-state index in [4.69, 9.17) is 4.74 Å². The zero-order chi connectivity index (χ0) is 15.6. The number of ether oxygens (including phenoxy) is 1. The number of nitrogens with zero attached hydrogens (tertiary/aromatic N) is 2. The maximum Gasteiger partial charge on any atom is 0.312 e. The summed E-state index contributed by atoms with van der Waals surface area (Å²) in [5, 5.41) is 20.2. The second kappa shape index (κ2) is 5.96. The van der Waals surface area contributed by atoms with Gasteiger partial charge in [0.1, 0.15) is 0 Å². The van der Waals surface area contributed by atoms with Gasteiger partial charge in [-0.1, -0.05) is 6.92 Å². The molecule has 0 radical (unpaired) electrons. The molecule has 9 heteroatoms. The molecule has 1 aliphatic rings. The van der Waals surface area contributed by atoms with Crippen LogP contribution in [-0.2, 0) is 14.8 Å². The van der Waals surface area contributed by atoms with Gasteiger partial charge in [0.2, 0.25) is 10.0 Å². The average molecular weight is 316 g/mol. The lowest BCUT2D eigenvalue weighted by Gasteiger charge is -2.31. The fourth-order valence-electron chi connectivity index (χ4n) is 2.12. The lowest BCUT2D eigenvalue weighted by molar-refractivity contribution is -0.386. The molecule has 0 aliphatic carbocycles. The molecule has 1 saturated heterocycles. The highest BCUT2D eigenvalue weighted by Crippen LogP contribution is 2.30. The van der Waals surface area contributed by atoms with Crippen LogP contribution in [-0.4, -0.2) is 48.6 Å². The maximum atomic E-state index is 12.5. The Balaban J connectivity index is 2.35. The van der Waals surface area contributed by atoms with Crippen molar-refractivity contribution in [1.82, 2.24) is 4.31 Å². The van der Waals surface area contributed by atoms with E-state index in [9.17, 15) is 23.6 Å². The van der Waals surface area contributed by atoms with Crippen molar-refractivity contribution in [2.75, 3.05) is 19.7 Å². The highest BCUT2D eigenvalue weighted by Gasteiger charge is 2.31. The fraction of sp³-hybridized carbons (Fsp3) is 0.500. The molecule has 1 aliphatic heterocycles. The van der Waals surface area contributed by atoms with Crippen molar-refractivity contribution in [2.24, 2.45) is 0 Å². The molecule has 1 unspecified atom stereocenters. The number of morpholine rings is 1. The van der Waals surface area contributed by atoms with E-state index in [1.807, 2.05) is 6.92 Å². The van der Waals surface area contributed by atoms with Gasteiger partial charge < -0.3 is 9.84 Å². The van der Waals surface area contributed by atoms with Gasteiger partial charge in [-0.15, -0.1) is 0 Å². The van der Waals surface area contributed by atoms with E-state index < -0.39 is 26.4 Å². The predicted molar refractivity (Wildman–Crippen MR) is 73.6 cm³/mol. The second-order valence-corrected chi connectivity index (χ2v) is 6.61. The van der Waals surface area contributed by atoms with Gasteiger partial charge in [0.25, 0.3) is 0 Å². The first-order valence-electron chi connectivity index (χ1n) is 6.45. The number of nitro benzene ring substituents is 1. The smallest absolute Gasteiger partial charge is 0.312 e. The van der Waals surface area contributed by atoms with Gasteiger partial charge >= 0.3 is 5.69 Å². The quantitative estimate of drug-likeness (QED) is 0.658. The molecule has 0 amide bonds. The Kier molecular flexibility index (Phi) is 4.45. The zero-order valence-electron chi connectivity index (χ0n) is 11.4. The minimum absolute atomic E-state index is 0.180. The van der Waals surface area contributed by atoms with Crippen LogP contribution in [0.15, 0.2) is 23.1 Å². The summed E-state index contributed by atoms with van der Waals surface area (Å²) in [7, 11) is -3.84. The molecule has 1 atom stereocenters. The van der Waals surface area contributed by atoms with E-state index >= 15 is 0 Å². The minimum atomic E-state index is -3.84. The molecule has 1 aromatic rings. The van der Waals surface area contributed by atoms with Crippen molar-refractivity contribution >= 4 is 15.7 Å². The monoisotopic (exact) mass is 316 g/mol. The van der Waals surface area contributed by atoms with E-state index in [0.717, 1.165) is 18.2 Å². The van der Waals surface area contributed by atoms with E-state index in [1.54, 1.807) is 0 Å². The first-order valence-corrected chi connectivity index (χ1v) is 7.89. The van der Waals surface area contributed by atoms with E-state index in [2.05, 4.69) is 0 Å². The van der Waals surface area contributed by atoms with Crippen LogP contribution in [0.2, 0.25) is 0 Å². The Morgan fingerprint density at radius 2 is 2.24 bits per heavy atom. The van der Waals surface area contributed by atoms with Gasteiger partial charge in [-0.2, -0.15) is 4.31 Å². The molecule has 1 aromatic carbocycles. The fourth-order valence-corrected chi connectivity index (χ4v) is 3.59. The van der Waals surface area contributed by atoms with Crippen LogP contribution in [0.4, 0.5) is 5.69 Å². The van der Waals surface area contributed by atoms with E-state index in [-0.39, 0.29) is 30.7 Å². The van der Waals surface area contributed by atoms with Crippen LogP contribution in [0.5, 0.6) is 5.75 Å². The zero-order valence-corrected chi connectivity index (χ0v) is 12.2. The number of phenols is 1. The molecule has 1 N–H and O–H groups in total. The summed E-state index contributed by atoms with van der Waals surface area (Å²) in [5.74, 6) is -0.563. The van der Waals surface area contributed by atoms with Crippen LogP contribution in [0.25, 0.3) is 0 Å². The van der Waals surface area contributed by atoms with Crippen LogP contribution in [0.3, 0.4) is 0 Å². The van der Waals surface area contributed by atoms with Gasteiger partial charge in [-0.05, 0) is 18.6 Å². The Morgan fingerprint density at radius 1 is 1.52 bits per heavy atom. The normalized spacial score (nSPS) is 20.3. The number of hydrogen-bond acceptors (Lipinski definition) is 6. The number of rotatable bonds is 4. The van der Waals surface area contributed by atoms with Crippen molar-refractivity contribution in [3.63, 3.8) is 0 Å². The van der Waals surface area contributed by atoms with Crippen LogP contribution < -0.4 is 0 Å². The summed E-state index contributed by atoms with van der Waals surface area (Å²) >= 11 is 0. The third-order valence-corrected chi connectivity index (χ3v) is 5.20. The summed E-state index contributed by atoms with van der Waals surface area (Å²) in [6.45, 7) is 2.60. The van der Waals surface area contributed by atoms with Crippen molar-refractivity contribution < 1.29 is 23.2 Å². The molecule has 1 heterocycles. The Morgan fingerprint density at radius 3 is 2.86 bits per heavy atom. The molecule has 0 bridgehead atoms. The molecule has 116 valence electrons. The summed E-state index contributed by atoms with van der Waals surface area (Å²) in [4.78, 5) is 9.77. The standard InChI is InChI=1S/C12H16N2O6S/c1-2-9-8-13(5-6-20-9)21(18,19)10-3-4-12(15)11(7-10)14(16)17/h3-4,7,9,15H,2,5-6,8H2,1H3. The lowest BCUT2D eigenvalue weighted by atomic mass is 10.2. The van der Waals surface area contributed by atoms with Crippen LogP contribution >= 0.6 is 0 Å². The van der Waals surface area contributed by atoms with Crippen molar-refractivity contribution in [1.29, 1.82) is 0 Å². The van der Waals surface area contributed by atoms with Gasteiger partial charge in [0, 0.05) is 19.2 Å². The summed E-state index contributed by atoms with van der Waals surface area (Å²) in [5.41, 5.74) is -0.628. The van der Waals surface area contributed by atoms with E-state index in [1.165, 1.54) is 4.31 Å². The molecular weight excluding hydrogens is 300 g/mol. The summed E-state index contributed by atoms with van der Waals surface area (Å²) in [6, 6.07) is 3.05. The van der Waals surface area contributed by atoms with Gasteiger partial charge in [-0.25, -0.2) is 8.42 Å². The number of sulfonamides is 1. The molecule has 8 nitrogen and oxygen atoms in total. The van der Waals surface area contributed by atoms with Crippen LogP contribution in [0, 0.1) is 10.1 Å². The molecule has 1 fully saturated rings. The second-order valence-electron chi connectivity index (χ2n) is 4.67.